The van der Waals surface area contributed by atoms with Crippen molar-refractivity contribution in [2.24, 2.45) is 7.05 Å². The average molecular weight is 377 g/mol. The lowest BCUT2D eigenvalue weighted by Crippen LogP contribution is -2.34. The van der Waals surface area contributed by atoms with Crippen molar-refractivity contribution in [3.05, 3.63) is 48.3 Å². The number of aromatic nitrogens is 2. The number of hydrogen-bond acceptors (Lipinski definition) is 5. The van der Waals surface area contributed by atoms with Gasteiger partial charge in [0.2, 0.25) is 10.0 Å². The van der Waals surface area contributed by atoms with Gasteiger partial charge >= 0.3 is 5.97 Å². The zero-order valence-electron chi connectivity index (χ0n) is 14.2. The van der Waals surface area contributed by atoms with Crippen LogP contribution >= 0.6 is 0 Å². The van der Waals surface area contributed by atoms with E-state index in [0.29, 0.717) is 25.3 Å². The van der Waals surface area contributed by atoms with E-state index in [9.17, 15) is 13.2 Å². The first-order valence-electron chi connectivity index (χ1n) is 8.00. The van der Waals surface area contributed by atoms with E-state index in [1.54, 1.807) is 10.9 Å². The lowest BCUT2D eigenvalue weighted by molar-refractivity contribution is -0.139. The quantitative estimate of drug-likeness (QED) is 0.816. The van der Waals surface area contributed by atoms with Crippen LogP contribution in [0, 0.1) is 0 Å². The number of ether oxygens (including phenoxy) is 1. The van der Waals surface area contributed by atoms with Crippen molar-refractivity contribution in [2.75, 3.05) is 19.7 Å². The molecule has 8 nitrogen and oxygen atoms in total. The maximum Gasteiger partial charge on any atom is 0.341 e. The topological polar surface area (TPSA) is 102 Å². The molecule has 0 atom stereocenters. The van der Waals surface area contributed by atoms with E-state index in [4.69, 9.17) is 9.84 Å². The minimum atomic E-state index is -3.62. The second-order valence-electron chi connectivity index (χ2n) is 5.84. The monoisotopic (exact) mass is 377 g/mol. The van der Waals surface area contributed by atoms with E-state index in [0.717, 1.165) is 11.3 Å². The summed E-state index contributed by atoms with van der Waals surface area (Å²) in [6.45, 7) is 0.205. The number of aryl methyl sites for hydroxylation is 1. The molecule has 1 aromatic carbocycles. The van der Waals surface area contributed by atoms with Gasteiger partial charge in [-0.25, -0.2) is 13.2 Å². The van der Waals surface area contributed by atoms with Gasteiger partial charge < -0.3 is 9.84 Å². The first kappa shape index (κ1) is 18.2. The highest BCUT2D eigenvalue weighted by Crippen LogP contribution is 2.26. The molecule has 1 aliphatic heterocycles. The number of aliphatic carboxylic acids is 1. The number of carboxylic acid groups (broad SMARTS) is 1. The molecule has 0 saturated heterocycles. The van der Waals surface area contributed by atoms with E-state index in [1.165, 1.54) is 28.6 Å². The zero-order valence-corrected chi connectivity index (χ0v) is 15.0. The number of sulfonamides is 1. The van der Waals surface area contributed by atoms with Gasteiger partial charge in [-0.15, -0.1) is 0 Å². The smallest absolute Gasteiger partial charge is 0.341 e. The Kier molecular flexibility index (Phi) is 5.10. The summed E-state index contributed by atoms with van der Waals surface area (Å²) in [6.07, 6.45) is 4.23. The molecule has 26 heavy (non-hydrogen) atoms. The largest absolute Gasteiger partial charge is 0.482 e. The molecule has 0 bridgehead atoms. The second-order valence-corrected chi connectivity index (χ2v) is 7.77. The summed E-state index contributed by atoms with van der Waals surface area (Å²) in [4.78, 5) is 10.7. The van der Waals surface area contributed by atoms with Gasteiger partial charge in [0.05, 0.1) is 10.6 Å². The molecule has 1 N–H and O–H groups in total. The van der Waals surface area contributed by atoms with E-state index in [2.05, 4.69) is 5.10 Å². The molecular formula is C17H19N3O5S. The molecule has 0 radical (unpaired) electrons. The maximum absolute atomic E-state index is 12.8. The van der Waals surface area contributed by atoms with Crippen LogP contribution in [0.1, 0.15) is 12.1 Å². The molecule has 2 heterocycles. The highest BCUT2D eigenvalue weighted by molar-refractivity contribution is 7.89. The molecule has 0 spiro atoms. The number of nitrogens with zero attached hydrogens (tertiary/aromatic N) is 3. The Bertz CT molecular complexity index is 932. The highest BCUT2D eigenvalue weighted by Gasteiger charge is 2.26. The van der Waals surface area contributed by atoms with Crippen molar-refractivity contribution in [1.82, 2.24) is 14.1 Å². The Hall–Kier alpha value is -2.65. The Morgan fingerprint density at radius 2 is 2.00 bits per heavy atom. The molecule has 0 saturated carbocycles. The van der Waals surface area contributed by atoms with Crippen LogP contribution in [0.5, 0.6) is 5.75 Å². The van der Waals surface area contributed by atoms with E-state index < -0.39 is 22.6 Å². The van der Waals surface area contributed by atoms with Gasteiger partial charge in [0, 0.05) is 26.3 Å². The van der Waals surface area contributed by atoms with Crippen molar-refractivity contribution in [1.29, 1.82) is 0 Å². The van der Waals surface area contributed by atoms with Crippen LogP contribution in [0.15, 0.2) is 47.5 Å². The number of carboxylic acids is 1. The summed E-state index contributed by atoms with van der Waals surface area (Å²) in [7, 11) is -1.76. The lowest BCUT2D eigenvalue weighted by atomic mass is 10.1. The molecular weight excluding hydrogens is 358 g/mol. The van der Waals surface area contributed by atoms with Gasteiger partial charge in [0.1, 0.15) is 5.75 Å². The summed E-state index contributed by atoms with van der Waals surface area (Å²) >= 11 is 0. The summed E-state index contributed by atoms with van der Waals surface area (Å²) in [6, 6.07) is 7.67. The maximum atomic E-state index is 12.8. The molecule has 0 aliphatic carbocycles. The van der Waals surface area contributed by atoms with Gasteiger partial charge in [-0.05, 0) is 42.3 Å². The van der Waals surface area contributed by atoms with Crippen LogP contribution in [-0.2, 0) is 21.9 Å². The Labute approximate surface area is 151 Å². The van der Waals surface area contributed by atoms with Crippen LogP contribution in [-0.4, -0.2) is 53.3 Å². The standard InChI is InChI=1S/C17H19N3O5S/c1-19-16(6-9-18-19)13-7-10-20(11-8-13)26(23,24)15-4-2-14(3-5-15)25-12-17(21)22/h2-7,9H,8,10-12H2,1H3,(H,21,22). The number of rotatable bonds is 6. The van der Waals surface area contributed by atoms with Crippen LogP contribution in [0.25, 0.3) is 5.57 Å². The van der Waals surface area contributed by atoms with Crippen LogP contribution in [0.2, 0.25) is 0 Å². The molecule has 3 rings (SSSR count). The minimum Gasteiger partial charge on any atom is -0.482 e. The fourth-order valence-corrected chi connectivity index (χ4v) is 4.17. The first-order valence-corrected chi connectivity index (χ1v) is 9.44. The van der Waals surface area contributed by atoms with E-state index in [1.807, 2.05) is 19.2 Å². The minimum absolute atomic E-state index is 0.151. The number of carbonyl (C=O) groups is 1. The molecule has 1 aliphatic rings. The third-order valence-electron chi connectivity index (χ3n) is 4.15. The first-order chi connectivity index (χ1) is 12.4. The molecule has 0 amide bonds. The van der Waals surface area contributed by atoms with Crippen LogP contribution < -0.4 is 4.74 Å². The lowest BCUT2D eigenvalue weighted by Gasteiger charge is -2.26. The van der Waals surface area contributed by atoms with Crippen molar-refractivity contribution in [2.45, 2.75) is 11.3 Å². The van der Waals surface area contributed by atoms with Gasteiger partial charge in [-0.3, -0.25) is 4.68 Å². The van der Waals surface area contributed by atoms with Gasteiger partial charge in [-0.1, -0.05) is 6.08 Å². The molecule has 1 aromatic heterocycles. The molecule has 0 unspecified atom stereocenters. The molecule has 0 fully saturated rings. The summed E-state index contributed by atoms with van der Waals surface area (Å²) in [5.41, 5.74) is 2.07. The zero-order chi connectivity index (χ0) is 18.7. The average Bonchev–Trinajstić information content (AvgIpc) is 3.06. The van der Waals surface area contributed by atoms with Crippen molar-refractivity contribution >= 4 is 21.6 Å². The normalized spacial score (nSPS) is 15.5. The predicted octanol–water partition coefficient (Wildman–Crippen LogP) is 1.36. The van der Waals surface area contributed by atoms with E-state index >= 15 is 0 Å². The van der Waals surface area contributed by atoms with Gasteiger partial charge in [-0.2, -0.15) is 9.40 Å². The van der Waals surface area contributed by atoms with Crippen LogP contribution in [0.3, 0.4) is 0 Å². The summed E-state index contributed by atoms with van der Waals surface area (Å²) in [5, 5.41) is 12.7. The van der Waals surface area contributed by atoms with Crippen molar-refractivity contribution in [3.8, 4) is 5.75 Å². The van der Waals surface area contributed by atoms with Gasteiger partial charge in [0.25, 0.3) is 0 Å². The third kappa shape index (κ3) is 3.78. The van der Waals surface area contributed by atoms with E-state index in [-0.39, 0.29) is 4.90 Å². The predicted molar refractivity (Wildman–Crippen MR) is 94.1 cm³/mol. The summed E-state index contributed by atoms with van der Waals surface area (Å²) < 4.78 is 33.7. The molecule has 9 heteroatoms. The van der Waals surface area contributed by atoms with Crippen molar-refractivity contribution < 1.29 is 23.1 Å². The number of benzene rings is 1. The van der Waals surface area contributed by atoms with Crippen molar-refractivity contribution in [3.63, 3.8) is 0 Å². The Balaban J connectivity index is 1.72. The molecule has 138 valence electrons. The highest BCUT2D eigenvalue weighted by atomic mass is 32.2. The number of hydrogen-bond donors (Lipinski definition) is 1. The Morgan fingerprint density at radius 3 is 2.54 bits per heavy atom. The van der Waals surface area contributed by atoms with Crippen LogP contribution in [0.4, 0.5) is 0 Å². The third-order valence-corrected chi connectivity index (χ3v) is 6.02. The summed E-state index contributed by atoms with van der Waals surface area (Å²) in [5.74, 6) is -0.783. The Morgan fingerprint density at radius 1 is 1.27 bits per heavy atom. The molecule has 2 aromatic rings. The SMILES string of the molecule is Cn1nccc1C1=CCN(S(=O)(=O)c2ccc(OCC(=O)O)cc2)CC1. The fraction of sp³-hybridized carbons (Fsp3) is 0.294. The fourth-order valence-electron chi connectivity index (χ4n) is 2.79. The second kappa shape index (κ2) is 7.30. The van der Waals surface area contributed by atoms with Gasteiger partial charge in [0.15, 0.2) is 6.61 Å².